The van der Waals surface area contributed by atoms with Gasteiger partial charge >= 0.3 is 0 Å². The maximum absolute atomic E-state index is 5.97. The van der Waals surface area contributed by atoms with Crippen molar-refractivity contribution < 1.29 is 0 Å². The Morgan fingerprint density at radius 2 is 2.23 bits per heavy atom. The molecule has 1 aromatic heterocycles. The van der Waals surface area contributed by atoms with Crippen molar-refractivity contribution in [2.75, 3.05) is 0 Å². The minimum atomic E-state index is 0.744. The van der Waals surface area contributed by atoms with Crippen LogP contribution in [0.4, 0.5) is 0 Å². The number of halogens is 1. The zero-order valence-electron chi connectivity index (χ0n) is 7.11. The predicted molar refractivity (Wildman–Crippen MR) is 51.1 cm³/mol. The molecule has 13 heavy (non-hydrogen) atoms. The Balaban J connectivity index is 2.49. The lowest BCUT2D eigenvalue weighted by molar-refractivity contribution is 0.878. The van der Waals surface area contributed by atoms with E-state index in [2.05, 4.69) is 10.1 Å². The van der Waals surface area contributed by atoms with Crippen molar-refractivity contribution >= 4 is 11.6 Å². The summed E-state index contributed by atoms with van der Waals surface area (Å²) in [5.41, 5.74) is 1.98. The Bertz CT molecular complexity index is 409. The van der Waals surface area contributed by atoms with Crippen LogP contribution in [-0.2, 0) is 0 Å². The van der Waals surface area contributed by atoms with Gasteiger partial charge in [-0.1, -0.05) is 17.7 Å². The average Bonchev–Trinajstić information content (AvgIpc) is 2.62. The summed E-state index contributed by atoms with van der Waals surface area (Å²) in [6.45, 7) is 1.97. The summed E-state index contributed by atoms with van der Waals surface area (Å²) < 4.78 is 1.67. The van der Waals surface area contributed by atoms with E-state index in [0.29, 0.717) is 0 Å². The Hall–Kier alpha value is -1.35. The third-order valence-corrected chi connectivity index (χ3v) is 2.25. The van der Waals surface area contributed by atoms with E-state index < -0.39 is 0 Å². The highest BCUT2D eigenvalue weighted by Gasteiger charge is 1.99. The second-order valence-electron chi connectivity index (χ2n) is 2.77. The molecule has 0 atom stereocenters. The second kappa shape index (κ2) is 3.18. The van der Waals surface area contributed by atoms with E-state index in [1.54, 1.807) is 11.0 Å². The van der Waals surface area contributed by atoms with Crippen molar-refractivity contribution in [3.63, 3.8) is 0 Å². The quantitative estimate of drug-likeness (QED) is 0.696. The maximum atomic E-state index is 5.97. The number of benzene rings is 1. The van der Waals surface area contributed by atoms with E-state index in [1.807, 2.05) is 25.1 Å². The van der Waals surface area contributed by atoms with E-state index in [4.69, 9.17) is 11.6 Å². The van der Waals surface area contributed by atoms with E-state index >= 15 is 0 Å². The van der Waals surface area contributed by atoms with Crippen LogP contribution in [0.5, 0.6) is 0 Å². The molecule has 0 radical (unpaired) electrons. The molecule has 0 bridgehead atoms. The van der Waals surface area contributed by atoms with Gasteiger partial charge in [-0.05, 0) is 24.6 Å². The van der Waals surface area contributed by atoms with Gasteiger partial charge in [-0.2, -0.15) is 5.10 Å². The first-order valence-corrected chi connectivity index (χ1v) is 4.26. The fraction of sp³-hybridized carbons (Fsp3) is 0.111. The molecule has 3 nitrogen and oxygen atoms in total. The summed E-state index contributed by atoms with van der Waals surface area (Å²) in [7, 11) is 0. The van der Waals surface area contributed by atoms with Crippen LogP contribution < -0.4 is 0 Å². The van der Waals surface area contributed by atoms with Gasteiger partial charge in [0.15, 0.2) is 0 Å². The lowest BCUT2D eigenvalue weighted by atomic mass is 10.2. The summed E-state index contributed by atoms with van der Waals surface area (Å²) in [4.78, 5) is 3.86. The number of aromatic nitrogens is 3. The van der Waals surface area contributed by atoms with Crippen molar-refractivity contribution in [2.24, 2.45) is 0 Å². The highest BCUT2D eigenvalue weighted by molar-refractivity contribution is 6.31. The van der Waals surface area contributed by atoms with Crippen LogP contribution in [0.3, 0.4) is 0 Å². The van der Waals surface area contributed by atoms with E-state index in [1.165, 1.54) is 6.33 Å². The van der Waals surface area contributed by atoms with Crippen LogP contribution in [0.25, 0.3) is 5.69 Å². The first-order valence-electron chi connectivity index (χ1n) is 3.88. The van der Waals surface area contributed by atoms with Crippen molar-refractivity contribution in [3.05, 3.63) is 41.4 Å². The largest absolute Gasteiger partial charge is 0.223 e. The van der Waals surface area contributed by atoms with Crippen molar-refractivity contribution in [1.82, 2.24) is 14.8 Å². The molecule has 4 heteroatoms. The zero-order chi connectivity index (χ0) is 9.26. The van der Waals surface area contributed by atoms with Crippen LogP contribution in [0.1, 0.15) is 5.56 Å². The molecule has 0 spiro atoms. The number of nitrogens with zero attached hydrogens (tertiary/aromatic N) is 3. The monoisotopic (exact) mass is 193 g/mol. The van der Waals surface area contributed by atoms with Gasteiger partial charge in [0.25, 0.3) is 0 Å². The van der Waals surface area contributed by atoms with Gasteiger partial charge in [-0.3, -0.25) is 0 Å². The highest BCUT2D eigenvalue weighted by atomic mass is 35.5. The molecule has 0 saturated carbocycles. The Labute approximate surface area is 81.0 Å². The minimum absolute atomic E-state index is 0.744. The molecular weight excluding hydrogens is 186 g/mol. The minimum Gasteiger partial charge on any atom is -0.223 e. The lowest BCUT2D eigenvalue weighted by Gasteiger charge is -2.02. The predicted octanol–water partition coefficient (Wildman–Crippen LogP) is 2.23. The molecule has 0 aliphatic rings. The van der Waals surface area contributed by atoms with Crippen LogP contribution >= 0.6 is 11.6 Å². The fourth-order valence-electron chi connectivity index (χ4n) is 1.07. The van der Waals surface area contributed by atoms with Gasteiger partial charge in [0.1, 0.15) is 12.7 Å². The maximum Gasteiger partial charge on any atom is 0.138 e. The van der Waals surface area contributed by atoms with Crippen LogP contribution in [0.15, 0.2) is 30.9 Å². The van der Waals surface area contributed by atoms with Crippen molar-refractivity contribution in [1.29, 1.82) is 0 Å². The fourth-order valence-corrected chi connectivity index (χ4v) is 1.24. The average molecular weight is 194 g/mol. The topological polar surface area (TPSA) is 30.7 Å². The SMILES string of the molecule is Cc1ccc(-n2cncn2)cc1Cl. The normalized spacial score (nSPS) is 10.3. The van der Waals surface area contributed by atoms with Gasteiger partial charge < -0.3 is 0 Å². The number of aryl methyl sites for hydroxylation is 1. The van der Waals surface area contributed by atoms with Gasteiger partial charge in [0.2, 0.25) is 0 Å². The standard InChI is InChI=1S/C9H8ClN3/c1-7-2-3-8(4-9(7)10)13-6-11-5-12-13/h2-6H,1H3. The third-order valence-electron chi connectivity index (χ3n) is 1.84. The molecule has 1 heterocycles. The Kier molecular flexibility index (Phi) is 2.02. The molecule has 1 aromatic carbocycles. The molecule has 0 amide bonds. The van der Waals surface area contributed by atoms with Gasteiger partial charge in [-0.25, -0.2) is 9.67 Å². The molecule has 0 N–H and O–H groups in total. The molecule has 0 fully saturated rings. The lowest BCUT2D eigenvalue weighted by Crippen LogP contribution is -1.94. The summed E-state index contributed by atoms with van der Waals surface area (Å²) in [6.07, 6.45) is 3.13. The smallest absolute Gasteiger partial charge is 0.138 e. The van der Waals surface area contributed by atoms with Crippen LogP contribution in [0.2, 0.25) is 5.02 Å². The zero-order valence-corrected chi connectivity index (χ0v) is 7.86. The van der Waals surface area contributed by atoms with Crippen LogP contribution in [-0.4, -0.2) is 14.8 Å². The number of rotatable bonds is 1. The van der Waals surface area contributed by atoms with Crippen LogP contribution in [0, 0.1) is 6.92 Å². The van der Waals surface area contributed by atoms with Gasteiger partial charge in [-0.15, -0.1) is 0 Å². The summed E-state index contributed by atoms with van der Waals surface area (Å²) >= 11 is 5.97. The van der Waals surface area contributed by atoms with Gasteiger partial charge in [0, 0.05) is 5.02 Å². The first kappa shape index (κ1) is 8.26. The number of hydrogen-bond acceptors (Lipinski definition) is 2. The molecular formula is C9H8ClN3. The van der Waals surface area contributed by atoms with Crippen molar-refractivity contribution in [3.8, 4) is 5.69 Å². The molecule has 0 aliphatic heterocycles. The molecule has 0 unspecified atom stereocenters. The summed E-state index contributed by atoms with van der Waals surface area (Å²) in [5.74, 6) is 0. The Morgan fingerprint density at radius 1 is 1.38 bits per heavy atom. The van der Waals surface area contributed by atoms with Crippen molar-refractivity contribution in [2.45, 2.75) is 6.92 Å². The molecule has 2 rings (SSSR count). The second-order valence-corrected chi connectivity index (χ2v) is 3.18. The van der Waals surface area contributed by atoms with E-state index in [-0.39, 0.29) is 0 Å². The summed E-state index contributed by atoms with van der Waals surface area (Å²) in [6, 6.07) is 5.78. The Morgan fingerprint density at radius 3 is 2.85 bits per heavy atom. The molecule has 66 valence electrons. The van der Waals surface area contributed by atoms with E-state index in [0.717, 1.165) is 16.3 Å². The summed E-state index contributed by atoms with van der Waals surface area (Å²) in [5, 5.41) is 4.75. The number of hydrogen-bond donors (Lipinski definition) is 0. The van der Waals surface area contributed by atoms with E-state index in [9.17, 15) is 0 Å². The molecule has 2 aromatic rings. The third kappa shape index (κ3) is 1.55. The first-order chi connectivity index (χ1) is 6.27. The molecule has 0 saturated heterocycles. The molecule has 0 aliphatic carbocycles. The van der Waals surface area contributed by atoms with Gasteiger partial charge in [0.05, 0.1) is 5.69 Å². The highest BCUT2D eigenvalue weighted by Crippen LogP contribution is 2.18.